The minimum absolute atomic E-state index is 0.311. The van der Waals surface area contributed by atoms with Gasteiger partial charge in [-0.2, -0.15) is 0 Å². The van der Waals surface area contributed by atoms with Gasteiger partial charge < -0.3 is 10.5 Å². The SMILES string of the molecule is Nc1cnc(OC2CCCCCC2)cn1. The highest BCUT2D eigenvalue weighted by molar-refractivity contribution is 5.24. The van der Waals surface area contributed by atoms with Crippen molar-refractivity contribution >= 4 is 5.82 Å². The molecule has 0 radical (unpaired) electrons. The van der Waals surface area contributed by atoms with Gasteiger partial charge >= 0.3 is 0 Å². The van der Waals surface area contributed by atoms with E-state index in [1.165, 1.54) is 31.9 Å². The zero-order valence-corrected chi connectivity index (χ0v) is 8.85. The summed E-state index contributed by atoms with van der Waals surface area (Å²) in [4.78, 5) is 8.05. The molecule has 0 aliphatic heterocycles. The van der Waals surface area contributed by atoms with E-state index in [9.17, 15) is 0 Å². The van der Waals surface area contributed by atoms with E-state index in [0.717, 1.165) is 12.8 Å². The fraction of sp³-hybridized carbons (Fsp3) is 0.636. The molecule has 1 aliphatic carbocycles. The number of anilines is 1. The van der Waals surface area contributed by atoms with Crippen LogP contribution < -0.4 is 10.5 Å². The maximum Gasteiger partial charge on any atom is 0.232 e. The van der Waals surface area contributed by atoms with Crippen LogP contribution >= 0.6 is 0 Å². The number of nitrogens with zero attached hydrogens (tertiary/aromatic N) is 2. The van der Waals surface area contributed by atoms with Crippen molar-refractivity contribution in [2.45, 2.75) is 44.6 Å². The van der Waals surface area contributed by atoms with Crippen molar-refractivity contribution in [2.24, 2.45) is 0 Å². The Hall–Kier alpha value is -1.32. The largest absolute Gasteiger partial charge is 0.473 e. The third kappa shape index (κ3) is 3.08. The second-order valence-electron chi connectivity index (χ2n) is 4.01. The first-order chi connectivity index (χ1) is 7.34. The third-order valence-electron chi connectivity index (χ3n) is 2.74. The van der Waals surface area contributed by atoms with E-state index in [-0.39, 0.29) is 0 Å². The summed E-state index contributed by atoms with van der Waals surface area (Å²) in [6.07, 6.45) is 10.9. The van der Waals surface area contributed by atoms with Crippen LogP contribution in [0.2, 0.25) is 0 Å². The first-order valence-electron chi connectivity index (χ1n) is 5.59. The van der Waals surface area contributed by atoms with Crippen LogP contribution in [-0.2, 0) is 0 Å². The van der Waals surface area contributed by atoms with Crippen molar-refractivity contribution < 1.29 is 4.74 Å². The molecule has 0 amide bonds. The molecule has 0 atom stereocenters. The fourth-order valence-electron chi connectivity index (χ4n) is 1.92. The van der Waals surface area contributed by atoms with Gasteiger partial charge in [-0.05, 0) is 25.7 Å². The molecular weight excluding hydrogens is 190 g/mol. The first kappa shape index (κ1) is 10.2. The summed E-state index contributed by atoms with van der Waals surface area (Å²) in [6, 6.07) is 0. The van der Waals surface area contributed by atoms with E-state index < -0.39 is 0 Å². The van der Waals surface area contributed by atoms with Crippen LogP contribution in [0.15, 0.2) is 12.4 Å². The van der Waals surface area contributed by atoms with Gasteiger partial charge in [0, 0.05) is 0 Å². The number of nitrogen functional groups attached to an aromatic ring is 1. The number of hydrogen-bond acceptors (Lipinski definition) is 4. The lowest BCUT2D eigenvalue weighted by Gasteiger charge is -2.15. The quantitative estimate of drug-likeness (QED) is 0.755. The molecule has 82 valence electrons. The van der Waals surface area contributed by atoms with Crippen LogP contribution in [0.4, 0.5) is 5.82 Å². The fourth-order valence-corrected chi connectivity index (χ4v) is 1.92. The van der Waals surface area contributed by atoms with Crippen molar-refractivity contribution in [3.63, 3.8) is 0 Å². The van der Waals surface area contributed by atoms with E-state index in [0.29, 0.717) is 17.8 Å². The van der Waals surface area contributed by atoms with Gasteiger partial charge in [-0.1, -0.05) is 12.8 Å². The van der Waals surface area contributed by atoms with Gasteiger partial charge in [0.25, 0.3) is 0 Å². The van der Waals surface area contributed by atoms with Crippen molar-refractivity contribution in [2.75, 3.05) is 5.73 Å². The maximum atomic E-state index is 5.76. The Bertz CT molecular complexity index is 291. The van der Waals surface area contributed by atoms with Crippen LogP contribution in [0, 0.1) is 0 Å². The molecule has 0 spiro atoms. The molecule has 0 bridgehead atoms. The molecule has 0 unspecified atom stereocenters. The molecule has 1 saturated carbocycles. The van der Waals surface area contributed by atoms with Crippen LogP contribution in [0.1, 0.15) is 38.5 Å². The van der Waals surface area contributed by atoms with Crippen molar-refractivity contribution in [3.05, 3.63) is 12.4 Å². The topological polar surface area (TPSA) is 61.0 Å². The van der Waals surface area contributed by atoms with Gasteiger partial charge in [0.05, 0.1) is 12.4 Å². The molecule has 15 heavy (non-hydrogen) atoms. The highest BCUT2D eigenvalue weighted by Crippen LogP contribution is 2.21. The smallest absolute Gasteiger partial charge is 0.232 e. The predicted molar refractivity (Wildman–Crippen MR) is 58.6 cm³/mol. The minimum Gasteiger partial charge on any atom is -0.473 e. The molecule has 1 fully saturated rings. The lowest BCUT2D eigenvalue weighted by atomic mass is 10.1. The van der Waals surface area contributed by atoms with Gasteiger partial charge in [0.15, 0.2) is 0 Å². The van der Waals surface area contributed by atoms with Crippen molar-refractivity contribution in [1.82, 2.24) is 9.97 Å². The Balaban J connectivity index is 1.92. The summed E-state index contributed by atoms with van der Waals surface area (Å²) in [5.41, 5.74) is 5.46. The summed E-state index contributed by atoms with van der Waals surface area (Å²) in [5.74, 6) is 1.03. The summed E-state index contributed by atoms with van der Waals surface area (Å²) in [6.45, 7) is 0. The summed E-state index contributed by atoms with van der Waals surface area (Å²) in [5, 5.41) is 0. The number of nitrogens with two attached hydrogens (primary N) is 1. The van der Waals surface area contributed by atoms with Gasteiger partial charge in [-0.15, -0.1) is 0 Å². The zero-order chi connectivity index (χ0) is 10.5. The Morgan fingerprint density at radius 2 is 1.80 bits per heavy atom. The number of ether oxygens (including phenoxy) is 1. The van der Waals surface area contributed by atoms with E-state index in [2.05, 4.69) is 9.97 Å². The summed E-state index contributed by atoms with van der Waals surface area (Å²) in [7, 11) is 0. The highest BCUT2D eigenvalue weighted by atomic mass is 16.5. The average molecular weight is 207 g/mol. The van der Waals surface area contributed by atoms with E-state index in [4.69, 9.17) is 10.5 Å². The predicted octanol–water partition coefficient (Wildman–Crippen LogP) is 2.16. The molecule has 2 N–H and O–H groups in total. The van der Waals surface area contributed by atoms with Gasteiger partial charge in [0.1, 0.15) is 11.9 Å². The van der Waals surface area contributed by atoms with E-state index in [1.54, 1.807) is 6.20 Å². The van der Waals surface area contributed by atoms with Gasteiger partial charge in [-0.25, -0.2) is 9.97 Å². The number of hydrogen-bond donors (Lipinski definition) is 1. The Kier molecular flexibility index (Phi) is 3.37. The number of rotatable bonds is 2. The molecule has 1 heterocycles. The van der Waals surface area contributed by atoms with E-state index >= 15 is 0 Å². The van der Waals surface area contributed by atoms with Crippen LogP contribution in [0.5, 0.6) is 5.88 Å². The molecular formula is C11H17N3O. The lowest BCUT2D eigenvalue weighted by Crippen LogP contribution is -2.16. The zero-order valence-electron chi connectivity index (χ0n) is 8.85. The molecule has 4 nitrogen and oxygen atoms in total. The third-order valence-corrected chi connectivity index (χ3v) is 2.74. The molecule has 4 heteroatoms. The first-order valence-corrected chi connectivity index (χ1v) is 5.59. The minimum atomic E-state index is 0.311. The van der Waals surface area contributed by atoms with Crippen molar-refractivity contribution in [3.8, 4) is 5.88 Å². The monoisotopic (exact) mass is 207 g/mol. The van der Waals surface area contributed by atoms with Gasteiger partial charge in [-0.3, -0.25) is 0 Å². The molecule has 1 aromatic rings. The number of aromatic nitrogens is 2. The molecule has 0 aromatic carbocycles. The van der Waals surface area contributed by atoms with Crippen molar-refractivity contribution in [1.29, 1.82) is 0 Å². The standard InChI is InChI=1S/C11H17N3O/c12-10-7-14-11(8-13-10)15-9-5-3-1-2-4-6-9/h7-9H,1-6H2,(H2,12,13). The normalized spacial score (nSPS) is 18.4. The van der Waals surface area contributed by atoms with Gasteiger partial charge in [0.2, 0.25) is 5.88 Å². The Morgan fingerprint density at radius 3 is 2.40 bits per heavy atom. The van der Waals surface area contributed by atoms with Crippen LogP contribution in [0.25, 0.3) is 0 Å². The molecule has 1 aliphatic rings. The maximum absolute atomic E-state index is 5.76. The van der Waals surface area contributed by atoms with Crippen LogP contribution in [-0.4, -0.2) is 16.1 Å². The Morgan fingerprint density at radius 1 is 1.07 bits per heavy atom. The molecule has 1 aromatic heterocycles. The second kappa shape index (κ2) is 4.96. The average Bonchev–Trinajstić information content (AvgIpc) is 2.50. The summed E-state index contributed by atoms with van der Waals surface area (Å²) >= 11 is 0. The highest BCUT2D eigenvalue weighted by Gasteiger charge is 2.14. The second-order valence-corrected chi connectivity index (χ2v) is 4.01. The molecule has 2 rings (SSSR count). The molecule has 0 saturated heterocycles. The van der Waals surface area contributed by atoms with Crippen LogP contribution in [0.3, 0.4) is 0 Å². The summed E-state index contributed by atoms with van der Waals surface area (Å²) < 4.78 is 5.76. The van der Waals surface area contributed by atoms with E-state index in [1.807, 2.05) is 0 Å². The Labute approximate surface area is 89.9 Å². The lowest BCUT2D eigenvalue weighted by molar-refractivity contribution is 0.175.